The lowest BCUT2D eigenvalue weighted by molar-refractivity contribution is -0.136. The van der Waals surface area contributed by atoms with Crippen molar-refractivity contribution in [3.8, 4) is 0 Å². The fourth-order valence-electron chi connectivity index (χ4n) is 1.60. The minimum atomic E-state index is -0.831. The Morgan fingerprint density at radius 1 is 1.40 bits per heavy atom. The maximum absolute atomic E-state index is 10.7. The van der Waals surface area contributed by atoms with E-state index in [-0.39, 0.29) is 11.8 Å². The lowest BCUT2D eigenvalue weighted by Gasteiger charge is -2.22. The summed E-state index contributed by atoms with van der Waals surface area (Å²) < 4.78 is 0. The Bertz CT molecular complexity index is 378. The average molecular weight is 227 g/mol. The number of benzene rings is 1. The van der Waals surface area contributed by atoms with Crippen molar-refractivity contribution in [3.63, 3.8) is 0 Å². The number of hydrogen-bond donors (Lipinski definition) is 1. The third-order valence-electron chi connectivity index (χ3n) is 2.22. The zero-order valence-electron chi connectivity index (χ0n) is 9.17. The zero-order valence-corrected chi connectivity index (χ0v) is 9.93. The van der Waals surface area contributed by atoms with Crippen molar-refractivity contribution in [2.75, 3.05) is 0 Å². The molecule has 2 nitrogen and oxygen atoms in total. The maximum atomic E-state index is 10.7. The molecular weight excluding hydrogens is 212 g/mol. The van der Waals surface area contributed by atoms with Gasteiger partial charge in [0, 0.05) is 5.02 Å². The molecular formula is C12H15ClO2. The van der Waals surface area contributed by atoms with Gasteiger partial charge in [0.25, 0.3) is 0 Å². The molecule has 0 bridgehead atoms. The molecule has 1 rings (SSSR count). The van der Waals surface area contributed by atoms with Crippen molar-refractivity contribution in [1.82, 2.24) is 0 Å². The van der Waals surface area contributed by atoms with Crippen molar-refractivity contribution in [2.45, 2.75) is 32.6 Å². The van der Waals surface area contributed by atoms with E-state index in [1.165, 1.54) is 0 Å². The topological polar surface area (TPSA) is 37.3 Å². The normalized spacial score (nSPS) is 11.5. The van der Waals surface area contributed by atoms with E-state index in [9.17, 15) is 4.79 Å². The third kappa shape index (κ3) is 3.24. The highest BCUT2D eigenvalue weighted by Gasteiger charge is 2.19. The van der Waals surface area contributed by atoms with Crippen molar-refractivity contribution in [2.24, 2.45) is 0 Å². The van der Waals surface area contributed by atoms with Gasteiger partial charge in [0.15, 0.2) is 0 Å². The summed E-state index contributed by atoms with van der Waals surface area (Å²) in [5.41, 5.74) is 1.77. The monoisotopic (exact) mass is 226 g/mol. The molecule has 1 aromatic carbocycles. The van der Waals surface area contributed by atoms with Crippen LogP contribution in [0.4, 0.5) is 0 Å². The summed E-state index contributed by atoms with van der Waals surface area (Å²) in [5.74, 6) is -0.831. The molecule has 0 amide bonds. The van der Waals surface area contributed by atoms with Crippen LogP contribution in [0, 0.1) is 0 Å². The maximum Gasteiger partial charge on any atom is 0.307 e. The predicted octanol–water partition coefficient (Wildman–Crippen LogP) is 3.26. The number of carboxylic acid groups (broad SMARTS) is 1. The van der Waals surface area contributed by atoms with E-state index < -0.39 is 5.97 Å². The van der Waals surface area contributed by atoms with Crippen LogP contribution in [0.2, 0.25) is 5.02 Å². The lowest BCUT2D eigenvalue weighted by atomic mass is 9.83. The van der Waals surface area contributed by atoms with Gasteiger partial charge in [-0.05, 0) is 28.7 Å². The van der Waals surface area contributed by atoms with E-state index in [2.05, 4.69) is 20.8 Å². The van der Waals surface area contributed by atoms with Gasteiger partial charge in [-0.2, -0.15) is 0 Å². The number of rotatable bonds is 2. The molecule has 0 aromatic heterocycles. The van der Waals surface area contributed by atoms with Crippen LogP contribution in [0.25, 0.3) is 0 Å². The van der Waals surface area contributed by atoms with Crippen LogP contribution in [0.3, 0.4) is 0 Å². The van der Waals surface area contributed by atoms with Crippen LogP contribution in [0.1, 0.15) is 31.9 Å². The van der Waals surface area contributed by atoms with Gasteiger partial charge in [-0.3, -0.25) is 4.79 Å². The summed E-state index contributed by atoms with van der Waals surface area (Å²) in [6.45, 7) is 6.17. The van der Waals surface area contributed by atoms with Gasteiger partial charge in [-0.25, -0.2) is 0 Å². The van der Waals surface area contributed by atoms with Crippen LogP contribution in [-0.2, 0) is 16.6 Å². The minimum Gasteiger partial charge on any atom is -0.481 e. The van der Waals surface area contributed by atoms with E-state index in [1.54, 1.807) is 12.1 Å². The van der Waals surface area contributed by atoms with Gasteiger partial charge < -0.3 is 5.11 Å². The highest BCUT2D eigenvalue weighted by Crippen LogP contribution is 2.28. The van der Waals surface area contributed by atoms with Gasteiger partial charge in [0.1, 0.15) is 0 Å². The van der Waals surface area contributed by atoms with E-state index >= 15 is 0 Å². The minimum absolute atomic E-state index is 0.0210. The number of carbonyl (C=O) groups is 1. The zero-order chi connectivity index (χ0) is 11.6. The van der Waals surface area contributed by atoms with Crippen LogP contribution in [-0.4, -0.2) is 11.1 Å². The van der Waals surface area contributed by atoms with Gasteiger partial charge in [0.2, 0.25) is 0 Å². The fourth-order valence-corrected chi connectivity index (χ4v) is 1.80. The molecule has 0 unspecified atom stereocenters. The third-order valence-corrected chi connectivity index (χ3v) is 2.45. The molecule has 3 heteroatoms. The molecule has 0 spiro atoms. The molecule has 0 fully saturated rings. The highest BCUT2D eigenvalue weighted by atomic mass is 35.5. The van der Waals surface area contributed by atoms with E-state index in [0.717, 1.165) is 11.1 Å². The molecule has 82 valence electrons. The summed E-state index contributed by atoms with van der Waals surface area (Å²) in [4.78, 5) is 10.7. The second-order valence-corrected chi connectivity index (χ2v) is 5.06. The molecule has 0 atom stereocenters. The van der Waals surface area contributed by atoms with E-state index in [0.29, 0.717) is 5.02 Å². The molecule has 0 saturated carbocycles. The average Bonchev–Trinajstić information content (AvgIpc) is 1.99. The summed E-state index contributed by atoms with van der Waals surface area (Å²) in [6.07, 6.45) is 0.0210. The second kappa shape index (κ2) is 4.23. The standard InChI is InChI=1S/C12H15ClO2/c1-12(2,3)10-5-4-9(13)6-8(10)7-11(14)15/h4-6H,7H2,1-3H3,(H,14,15). The Balaban J connectivity index is 3.20. The summed E-state index contributed by atoms with van der Waals surface area (Å²) in [7, 11) is 0. The summed E-state index contributed by atoms with van der Waals surface area (Å²) in [5, 5.41) is 9.39. The summed E-state index contributed by atoms with van der Waals surface area (Å²) >= 11 is 5.86. The first-order valence-corrected chi connectivity index (χ1v) is 5.19. The number of hydrogen-bond acceptors (Lipinski definition) is 1. The fraction of sp³-hybridized carbons (Fsp3) is 0.417. The van der Waals surface area contributed by atoms with E-state index in [4.69, 9.17) is 16.7 Å². The number of halogens is 1. The Hall–Kier alpha value is -1.02. The Morgan fingerprint density at radius 3 is 2.47 bits per heavy atom. The molecule has 0 aliphatic heterocycles. The smallest absolute Gasteiger partial charge is 0.307 e. The first-order valence-electron chi connectivity index (χ1n) is 4.81. The SMILES string of the molecule is CC(C)(C)c1ccc(Cl)cc1CC(=O)O. The first-order chi connectivity index (χ1) is 6.80. The molecule has 1 aromatic rings. The molecule has 0 saturated heterocycles. The molecule has 0 aliphatic carbocycles. The van der Waals surface area contributed by atoms with E-state index in [1.807, 2.05) is 6.07 Å². The van der Waals surface area contributed by atoms with Crippen LogP contribution < -0.4 is 0 Å². The Morgan fingerprint density at radius 2 is 2.00 bits per heavy atom. The molecule has 0 aliphatic rings. The first kappa shape index (κ1) is 12.1. The Labute approximate surface area is 94.9 Å². The summed E-state index contributed by atoms with van der Waals surface area (Å²) in [6, 6.07) is 5.43. The van der Waals surface area contributed by atoms with Gasteiger partial charge in [0.05, 0.1) is 6.42 Å². The van der Waals surface area contributed by atoms with Gasteiger partial charge in [-0.1, -0.05) is 38.4 Å². The van der Waals surface area contributed by atoms with Crippen LogP contribution in [0.5, 0.6) is 0 Å². The van der Waals surface area contributed by atoms with Crippen LogP contribution in [0.15, 0.2) is 18.2 Å². The number of carboxylic acids is 1. The van der Waals surface area contributed by atoms with Crippen molar-refractivity contribution in [1.29, 1.82) is 0 Å². The Kier molecular flexibility index (Phi) is 3.40. The number of aliphatic carboxylic acids is 1. The lowest BCUT2D eigenvalue weighted by Crippen LogP contribution is -2.16. The molecule has 0 heterocycles. The van der Waals surface area contributed by atoms with Crippen molar-refractivity contribution < 1.29 is 9.90 Å². The molecule has 1 N–H and O–H groups in total. The largest absolute Gasteiger partial charge is 0.481 e. The molecule has 15 heavy (non-hydrogen) atoms. The highest BCUT2D eigenvalue weighted by molar-refractivity contribution is 6.30. The second-order valence-electron chi connectivity index (χ2n) is 4.62. The van der Waals surface area contributed by atoms with Crippen molar-refractivity contribution >= 4 is 17.6 Å². The van der Waals surface area contributed by atoms with Gasteiger partial charge in [-0.15, -0.1) is 0 Å². The quantitative estimate of drug-likeness (QED) is 0.841. The molecule has 0 radical (unpaired) electrons. The predicted molar refractivity (Wildman–Crippen MR) is 61.5 cm³/mol. The van der Waals surface area contributed by atoms with Crippen molar-refractivity contribution in [3.05, 3.63) is 34.3 Å². The van der Waals surface area contributed by atoms with Gasteiger partial charge >= 0.3 is 5.97 Å². The van der Waals surface area contributed by atoms with Crippen LogP contribution >= 0.6 is 11.6 Å².